The third kappa shape index (κ3) is 3.05. The second kappa shape index (κ2) is 6.78. The van der Waals surface area contributed by atoms with Crippen LogP contribution in [0.3, 0.4) is 0 Å². The van der Waals surface area contributed by atoms with Crippen molar-refractivity contribution in [3.8, 4) is 0 Å². The van der Waals surface area contributed by atoms with Gasteiger partial charge in [0.15, 0.2) is 0 Å². The van der Waals surface area contributed by atoms with Crippen molar-refractivity contribution in [1.82, 2.24) is 30.1 Å². The summed E-state index contributed by atoms with van der Waals surface area (Å²) in [6.07, 6.45) is 4.99. The number of carbonyl (C=O) groups excluding carboxylic acids is 1. The molecule has 8 heteroatoms. The molecule has 3 aliphatic heterocycles. The standard InChI is InChI=1S/C16H26N6O2/c1-20(12-2-5-17-6-3-12)10-16(23)21-7-4-15-14(9-21)22-13(11-24-15)8-18-19-22/h8,12,14-15,17H,2-7,9-11H2,1H3/t14-,15-/m1/s1. The van der Waals surface area contributed by atoms with Crippen molar-refractivity contribution < 1.29 is 9.53 Å². The van der Waals surface area contributed by atoms with Gasteiger partial charge < -0.3 is 15.0 Å². The monoisotopic (exact) mass is 334 g/mol. The van der Waals surface area contributed by atoms with Gasteiger partial charge in [0.1, 0.15) is 0 Å². The van der Waals surface area contributed by atoms with E-state index < -0.39 is 0 Å². The summed E-state index contributed by atoms with van der Waals surface area (Å²) >= 11 is 0. The van der Waals surface area contributed by atoms with Crippen LogP contribution in [0.1, 0.15) is 31.0 Å². The molecule has 0 saturated carbocycles. The van der Waals surface area contributed by atoms with E-state index in [4.69, 9.17) is 4.74 Å². The average Bonchev–Trinajstić information content (AvgIpc) is 3.11. The Labute approximate surface area is 142 Å². The largest absolute Gasteiger partial charge is 0.370 e. The fourth-order valence-electron chi connectivity index (χ4n) is 4.10. The maximum absolute atomic E-state index is 12.8. The van der Waals surface area contributed by atoms with Gasteiger partial charge in [-0.25, -0.2) is 4.68 Å². The Balaban J connectivity index is 1.38. The van der Waals surface area contributed by atoms with Gasteiger partial charge in [-0.15, -0.1) is 5.10 Å². The van der Waals surface area contributed by atoms with E-state index in [1.165, 1.54) is 0 Å². The number of ether oxygens (including phenoxy) is 1. The number of amides is 1. The number of hydrogen-bond donors (Lipinski definition) is 1. The summed E-state index contributed by atoms with van der Waals surface area (Å²) in [7, 11) is 2.07. The smallest absolute Gasteiger partial charge is 0.236 e. The lowest BCUT2D eigenvalue weighted by atomic mass is 10.00. The van der Waals surface area contributed by atoms with Crippen LogP contribution in [-0.2, 0) is 16.1 Å². The number of rotatable bonds is 3. The summed E-state index contributed by atoms with van der Waals surface area (Å²) < 4.78 is 7.86. The maximum Gasteiger partial charge on any atom is 0.236 e. The Hall–Kier alpha value is -1.51. The normalized spacial score (nSPS) is 27.8. The SMILES string of the molecule is CN(CC(=O)N1CC[C@H]2OCc3cnnn3[C@@H]2C1)C1CCNCC1. The van der Waals surface area contributed by atoms with Crippen molar-refractivity contribution in [2.24, 2.45) is 0 Å². The number of carbonyl (C=O) groups is 1. The molecule has 24 heavy (non-hydrogen) atoms. The molecule has 4 heterocycles. The molecule has 132 valence electrons. The molecule has 1 aromatic rings. The average molecular weight is 334 g/mol. The minimum absolute atomic E-state index is 0.0955. The highest BCUT2D eigenvalue weighted by Crippen LogP contribution is 2.30. The Kier molecular flexibility index (Phi) is 4.51. The van der Waals surface area contributed by atoms with E-state index in [0.29, 0.717) is 25.7 Å². The van der Waals surface area contributed by atoms with Crippen LogP contribution in [0.15, 0.2) is 6.20 Å². The van der Waals surface area contributed by atoms with Crippen molar-refractivity contribution in [2.75, 3.05) is 39.8 Å². The Morgan fingerprint density at radius 2 is 2.25 bits per heavy atom. The van der Waals surface area contributed by atoms with Crippen molar-refractivity contribution in [2.45, 2.75) is 44.1 Å². The Morgan fingerprint density at radius 3 is 3.08 bits per heavy atom. The molecular formula is C16H26N6O2. The highest BCUT2D eigenvalue weighted by molar-refractivity contribution is 5.78. The fraction of sp³-hybridized carbons (Fsp3) is 0.812. The van der Waals surface area contributed by atoms with Gasteiger partial charge in [-0.1, -0.05) is 5.21 Å². The second-order valence-corrected chi connectivity index (χ2v) is 7.11. The number of nitrogens with one attached hydrogen (secondary N) is 1. The number of piperidine rings is 2. The summed E-state index contributed by atoms with van der Waals surface area (Å²) in [4.78, 5) is 16.9. The first-order valence-corrected chi connectivity index (χ1v) is 8.92. The van der Waals surface area contributed by atoms with E-state index in [-0.39, 0.29) is 18.1 Å². The van der Waals surface area contributed by atoms with E-state index in [1.807, 2.05) is 9.58 Å². The summed E-state index contributed by atoms with van der Waals surface area (Å²) in [5, 5.41) is 11.6. The molecule has 0 spiro atoms. The molecule has 2 atom stereocenters. The van der Waals surface area contributed by atoms with Gasteiger partial charge in [0.2, 0.25) is 5.91 Å². The first-order valence-electron chi connectivity index (χ1n) is 8.92. The highest BCUT2D eigenvalue weighted by atomic mass is 16.5. The van der Waals surface area contributed by atoms with Crippen LogP contribution < -0.4 is 5.32 Å². The fourth-order valence-corrected chi connectivity index (χ4v) is 4.10. The number of fused-ring (bicyclic) bond motifs is 3. The van der Waals surface area contributed by atoms with Crippen molar-refractivity contribution in [3.05, 3.63) is 11.9 Å². The van der Waals surface area contributed by atoms with Crippen molar-refractivity contribution in [3.63, 3.8) is 0 Å². The summed E-state index contributed by atoms with van der Waals surface area (Å²) in [6.45, 7) is 4.59. The lowest BCUT2D eigenvalue weighted by Crippen LogP contribution is -2.53. The van der Waals surface area contributed by atoms with Crippen LogP contribution in [0, 0.1) is 0 Å². The molecule has 0 radical (unpaired) electrons. The van der Waals surface area contributed by atoms with Gasteiger partial charge in [0, 0.05) is 19.1 Å². The highest BCUT2D eigenvalue weighted by Gasteiger charge is 2.38. The van der Waals surface area contributed by atoms with E-state index in [9.17, 15) is 4.79 Å². The predicted octanol–water partition coefficient (Wildman–Crippen LogP) is -0.366. The number of likely N-dealkylation sites (tertiary alicyclic amines) is 1. The zero-order valence-corrected chi connectivity index (χ0v) is 14.2. The molecule has 3 aliphatic rings. The van der Waals surface area contributed by atoms with Crippen molar-refractivity contribution >= 4 is 5.91 Å². The molecule has 1 aromatic heterocycles. The van der Waals surface area contributed by atoms with E-state index in [0.717, 1.165) is 44.6 Å². The predicted molar refractivity (Wildman–Crippen MR) is 87.4 cm³/mol. The number of nitrogens with zero attached hydrogens (tertiary/aromatic N) is 5. The third-order valence-corrected chi connectivity index (χ3v) is 5.60. The molecule has 2 saturated heterocycles. The molecule has 1 N–H and O–H groups in total. The molecule has 4 rings (SSSR count). The number of hydrogen-bond acceptors (Lipinski definition) is 6. The van der Waals surface area contributed by atoms with Crippen LogP contribution in [0.5, 0.6) is 0 Å². The summed E-state index contributed by atoms with van der Waals surface area (Å²) in [5.74, 6) is 0.210. The molecule has 0 aliphatic carbocycles. The van der Waals surface area contributed by atoms with Gasteiger partial charge in [-0.3, -0.25) is 9.69 Å². The zero-order valence-electron chi connectivity index (χ0n) is 14.2. The molecule has 0 aromatic carbocycles. The zero-order chi connectivity index (χ0) is 16.5. The van der Waals surface area contributed by atoms with Crippen LogP contribution in [0.2, 0.25) is 0 Å². The third-order valence-electron chi connectivity index (χ3n) is 5.60. The quantitative estimate of drug-likeness (QED) is 0.813. The summed E-state index contributed by atoms with van der Waals surface area (Å²) in [6, 6.07) is 0.603. The molecule has 8 nitrogen and oxygen atoms in total. The lowest BCUT2D eigenvalue weighted by molar-refractivity contribution is -0.139. The number of likely N-dealkylation sites (N-methyl/N-ethyl adjacent to an activating group) is 1. The van der Waals surface area contributed by atoms with Gasteiger partial charge in [-0.2, -0.15) is 0 Å². The second-order valence-electron chi connectivity index (χ2n) is 7.11. The first kappa shape index (κ1) is 16.0. The van der Waals surface area contributed by atoms with Gasteiger partial charge in [0.25, 0.3) is 0 Å². The van der Waals surface area contributed by atoms with Crippen molar-refractivity contribution in [1.29, 1.82) is 0 Å². The molecular weight excluding hydrogens is 308 g/mol. The van der Waals surface area contributed by atoms with Gasteiger partial charge in [0.05, 0.1) is 37.2 Å². The molecule has 0 unspecified atom stereocenters. The van der Waals surface area contributed by atoms with Crippen LogP contribution in [0.25, 0.3) is 0 Å². The minimum Gasteiger partial charge on any atom is -0.370 e. The molecule has 1 amide bonds. The summed E-state index contributed by atoms with van der Waals surface area (Å²) in [5.41, 5.74) is 0.998. The Bertz CT molecular complexity index is 585. The molecule has 2 fully saturated rings. The topological polar surface area (TPSA) is 75.5 Å². The van der Waals surface area contributed by atoms with Gasteiger partial charge in [-0.05, 0) is 39.4 Å². The minimum atomic E-state index is 0.0955. The lowest BCUT2D eigenvalue weighted by Gasteiger charge is -2.41. The maximum atomic E-state index is 12.8. The van der Waals surface area contributed by atoms with Gasteiger partial charge >= 0.3 is 0 Å². The van der Waals surface area contributed by atoms with E-state index in [1.54, 1.807) is 6.20 Å². The van der Waals surface area contributed by atoms with E-state index in [2.05, 4.69) is 27.6 Å². The molecule has 0 bridgehead atoms. The van der Waals surface area contributed by atoms with Crippen LogP contribution in [-0.4, -0.2) is 82.6 Å². The van der Waals surface area contributed by atoms with E-state index >= 15 is 0 Å². The van der Waals surface area contributed by atoms with Crippen LogP contribution >= 0.6 is 0 Å². The van der Waals surface area contributed by atoms with Crippen LogP contribution in [0.4, 0.5) is 0 Å². The Morgan fingerprint density at radius 1 is 1.42 bits per heavy atom. The first-order chi connectivity index (χ1) is 11.7. The number of aromatic nitrogens is 3.